The Hall–Kier alpha value is -0.570. The second-order valence-electron chi connectivity index (χ2n) is 4.97. The standard InChI is InChI=1S/C10H21NO2/c1-9(2,3)6-7-10(4,11)8(12)13-5/h6-7,11H2,1-5H3. The number of hydrogen-bond donors (Lipinski definition) is 1. The third-order valence-corrected chi connectivity index (χ3v) is 2.05. The van der Waals surface area contributed by atoms with Gasteiger partial charge in [0, 0.05) is 0 Å². The van der Waals surface area contributed by atoms with Crippen molar-refractivity contribution in [1.82, 2.24) is 0 Å². The summed E-state index contributed by atoms with van der Waals surface area (Å²) in [7, 11) is 1.37. The average Bonchev–Trinajstić information content (AvgIpc) is 1.98. The van der Waals surface area contributed by atoms with Crippen LogP contribution in [0.1, 0.15) is 40.5 Å². The number of rotatable bonds is 3. The summed E-state index contributed by atoms with van der Waals surface area (Å²) in [5, 5.41) is 0. The molecule has 0 aromatic rings. The first-order valence-corrected chi connectivity index (χ1v) is 4.56. The minimum atomic E-state index is -0.845. The minimum absolute atomic E-state index is 0.203. The molecule has 0 saturated heterocycles. The van der Waals surface area contributed by atoms with E-state index >= 15 is 0 Å². The van der Waals surface area contributed by atoms with Gasteiger partial charge in [0.15, 0.2) is 0 Å². The van der Waals surface area contributed by atoms with E-state index in [2.05, 4.69) is 25.5 Å². The van der Waals surface area contributed by atoms with Crippen molar-refractivity contribution in [1.29, 1.82) is 0 Å². The maximum absolute atomic E-state index is 11.2. The fourth-order valence-corrected chi connectivity index (χ4v) is 0.970. The second-order valence-corrected chi connectivity index (χ2v) is 4.97. The maximum Gasteiger partial charge on any atom is 0.325 e. The quantitative estimate of drug-likeness (QED) is 0.684. The minimum Gasteiger partial charge on any atom is -0.468 e. The highest BCUT2D eigenvalue weighted by atomic mass is 16.5. The molecule has 0 saturated carbocycles. The van der Waals surface area contributed by atoms with Crippen molar-refractivity contribution in [3.05, 3.63) is 0 Å². The first-order valence-electron chi connectivity index (χ1n) is 4.56. The van der Waals surface area contributed by atoms with Crippen LogP contribution in [0.3, 0.4) is 0 Å². The van der Waals surface area contributed by atoms with Gasteiger partial charge < -0.3 is 10.5 Å². The van der Waals surface area contributed by atoms with Gasteiger partial charge in [-0.25, -0.2) is 0 Å². The van der Waals surface area contributed by atoms with Crippen molar-refractivity contribution >= 4 is 5.97 Å². The van der Waals surface area contributed by atoms with Crippen molar-refractivity contribution in [2.75, 3.05) is 7.11 Å². The summed E-state index contributed by atoms with van der Waals surface area (Å²) in [4.78, 5) is 11.2. The lowest BCUT2D eigenvalue weighted by atomic mass is 9.84. The second kappa shape index (κ2) is 4.09. The molecule has 2 N–H and O–H groups in total. The van der Waals surface area contributed by atoms with Crippen molar-refractivity contribution < 1.29 is 9.53 Å². The largest absolute Gasteiger partial charge is 0.468 e. The first-order chi connectivity index (χ1) is 5.69. The van der Waals surface area contributed by atoms with E-state index in [9.17, 15) is 4.79 Å². The van der Waals surface area contributed by atoms with Crippen LogP contribution in [0.4, 0.5) is 0 Å². The van der Waals surface area contributed by atoms with Gasteiger partial charge in [0.25, 0.3) is 0 Å². The Labute approximate surface area is 80.6 Å². The number of methoxy groups -OCH3 is 1. The van der Waals surface area contributed by atoms with Gasteiger partial charge in [0.05, 0.1) is 7.11 Å². The molecule has 0 aromatic heterocycles. The molecule has 3 nitrogen and oxygen atoms in total. The predicted octanol–water partition coefficient (Wildman–Crippen LogP) is 1.70. The highest BCUT2D eigenvalue weighted by Crippen LogP contribution is 2.24. The monoisotopic (exact) mass is 187 g/mol. The Kier molecular flexibility index (Phi) is 3.91. The van der Waals surface area contributed by atoms with Crippen LogP contribution in [0, 0.1) is 5.41 Å². The SMILES string of the molecule is COC(=O)C(C)(N)CCC(C)(C)C. The number of hydrogen-bond acceptors (Lipinski definition) is 3. The van der Waals surface area contributed by atoms with Gasteiger partial charge in [-0.2, -0.15) is 0 Å². The molecule has 3 heteroatoms. The maximum atomic E-state index is 11.2. The van der Waals surface area contributed by atoms with E-state index in [1.165, 1.54) is 7.11 Å². The Bertz CT molecular complexity index is 180. The summed E-state index contributed by atoms with van der Waals surface area (Å²) < 4.78 is 4.62. The van der Waals surface area contributed by atoms with Crippen molar-refractivity contribution in [2.24, 2.45) is 11.1 Å². The van der Waals surface area contributed by atoms with Crippen LogP contribution in [-0.4, -0.2) is 18.6 Å². The molecule has 0 aliphatic carbocycles. The van der Waals surface area contributed by atoms with E-state index in [4.69, 9.17) is 5.73 Å². The lowest BCUT2D eigenvalue weighted by Crippen LogP contribution is -2.46. The summed E-state index contributed by atoms with van der Waals surface area (Å²) in [5.41, 5.74) is 5.16. The number of nitrogens with two attached hydrogens (primary N) is 1. The van der Waals surface area contributed by atoms with Crippen LogP contribution >= 0.6 is 0 Å². The fraction of sp³-hybridized carbons (Fsp3) is 0.900. The van der Waals surface area contributed by atoms with E-state index in [-0.39, 0.29) is 11.4 Å². The van der Waals surface area contributed by atoms with E-state index in [0.29, 0.717) is 6.42 Å². The van der Waals surface area contributed by atoms with Gasteiger partial charge in [0.1, 0.15) is 5.54 Å². The lowest BCUT2D eigenvalue weighted by molar-refractivity contribution is -0.146. The normalized spacial score (nSPS) is 16.5. The van der Waals surface area contributed by atoms with Crippen molar-refractivity contribution in [3.8, 4) is 0 Å². The Morgan fingerprint density at radius 3 is 2.00 bits per heavy atom. The number of carbonyl (C=O) groups excluding carboxylic acids is 1. The summed E-state index contributed by atoms with van der Waals surface area (Å²) in [6.45, 7) is 8.09. The Morgan fingerprint density at radius 1 is 1.23 bits per heavy atom. The van der Waals surface area contributed by atoms with Gasteiger partial charge in [-0.05, 0) is 25.2 Å². The molecule has 0 radical (unpaired) electrons. The van der Waals surface area contributed by atoms with Crippen molar-refractivity contribution in [2.45, 2.75) is 46.1 Å². The number of ether oxygens (including phenoxy) is 1. The smallest absolute Gasteiger partial charge is 0.325 e. The molecule has 0 bridgehead atoms. The molecule has 0 fully saturated rings. The van der Waals surface area contributed by atoms with E-state index < -0.39 is 5.54 Å². The van der Waals surface area contributed by atoms with Crippen LogP contribution in [-0.2, 0) is 9.53 Å². The molecule has 1 atom stereocenters. The van der Waals surface area contributed by atoms with Crippen molar-refractivity contribution in [3.63, 3.8) is 0 Å². The highest BCUT2D eigenvalue weighted by Gasteiger charge is 2.30. The van der Waals surface area contributed by atoms with Gasteiger partial charge >= 0.3 is 5.97 Å². The van der Waals surface area contributed by atoms with Crippen LogP contribution in [0.5, 0.6) is 0 Å². The molecule has 0 aromatic carbocycles. The highest BCUT2D eigenvalue weighted by molar-refractivity contribution is 5.79. The molecule has 0 aliphatic heterocycles. The lowest BCUT2D eigenvalue weighted by Gasteiger charge is -2.26. The van der Waals surface area contributed by atoms with Gasteiger partial charge in [-0.1, -0.05) is 20.8 Å². The molecule has 0 spiro atoms. The molecule has 78 valence electrons. The molecule has 0 rings (SSSR count). The summed E-state index contributed by atoms with van der Waals surface area (Å²) in [6.07, 6.45) is 1.57. The average molecular weight is 187 g/mol. The number of carbonyl (C=O) groups is 1. The van der Waals surface area contributed by atoms with Crippen LogP contribution in [0.15, 0.2) is 0 Å². The zero-order chi connectivity index (χ0) is 10.7. The molecule has 0 heterocycles. The Morgan fingerprint density at radius 2 is 1.69 bits per heavy atom. The zero-order valence-corrected chi connectivity index (χ0v) is 9.31. The molecule has 0 amide bonds. The number of esters is 1. The third kappa shape index (κ3) is 4.88. The molecular formula is C10H21NO2. The zero-order valence-electron chi connectivity index (χ0n) is 9.31. The third-order valence-electron chi connectivity index (χ3n) is 2.05. The fourth-order valence-electron chi connectivity index (χ4n) is 0.970. The van der Waals surface area contributed by atoms with Gasteiger partial charge in [0.2, 0.25) is 0 Å². The van der Waals surface area contributed by atoms with Gasteiger partial charge in [-0.15, -0.1) is 0 Å². The van der Waals surface area contributed by atoms with E-state index in [1.807, 2.05) is 0 Å². The Balaban J connectivity index is 4.11. The summed E-state index contributed by atoms with van der Waals surface area (Å²) in [6, 6.07) is 0. The van der Waals surface area contributed by atoms with Crippen LogP contribution in [0.2, 0.25) is 0 Å². The van der Waals surface area contributed by atoms with Crippen LogP contribution in [0.25, 0.3) is 0 Å². The molecular weight excluding hydrogens is 166 g/mol. The molecule has 1 unspecified atom stereocenters. The van der Waals surface area contributed by atoms with E-state index in [0.717, 1.165) is 6.42 Å². The molecule has 13 heavy (non-hydrogen) atoms. The first kappa shape index (κ1) is 12.4. The van der Waals surface area contributed by atoms with Crippen LogP contribution < -0.4 is 5.73 Å². The summed E-state index contributed by atoms with van der Waals surface area (Å²) >= 11 is 0. The molecule has 0 aliphatic rings. The topological polar surface area (TPSA) is 52.3 Å². The predicted molar refractivity (Wildman–Crippen MR) is 53.3 cm³/mol. The van der Waals surface area contributed by atoms with Gasteiger partial charge in [-0.3, -0.25) is 4.79 Å². The summed E-state index contributed by atoms with van der Waals surface area (Å²) in [5.74, 6) is -0.336. The van der Waals surface area contributed by atoms with E-state index in [1.54, 1.807) is 6.92 Å².